The first kappa shape index (κ1) is 19.3. The Hall–Kier alpha value is -3.05. The monoisotopic (exact) mass is 387 g/mol. The van der Waals surface area contributed by atoms with Crippen LogP contribution in [0.25, 0.3) is 11.1 Å². The number of amides is 1. The van der Waals surface area contributed by atoms with Crippen LogP contribution in [0, 0.1) is 5.41 Å². The highest BCUT2D eigenvalue weighted by molar-refractivity contribution is 5.83. The zero-order chi connectivity index (χ0) is 19.9. The van der Waals surface area contributed by atoms with Crippen molar-refractivity contribution < 1.29 is 9.53 Å². The van der Waals surface area contributed by atoms with E-state index in [9.17, 15) is 4.79 Å². The summed E-state index contributed by atoms with van der Waals surface area (Å²) in [6.45, 7) is 1.76. The van der Waals surface area contributed by atoms with Crippen LogP contribution in [0.15, 0.2) is 73.3 Å². The number of benzene rings is 1. The lowest BCUT2D eigenvalue weighted by Crippen LogP contribution is -2.45. The molecule has 1 aromatic carbocycles. The number of nitrogens with zero attached hydrogens (tertiary/aromatic N) is 2. The van der Waals surface area contributed by atoms with Crippen molar-refractivity contribution in [2.24, 2.45) is 5.41 Å². The van der Waals surface area contributed by atoms with Crippen molar-refractivity contribution in [1.82, 2.24) is 15.3 Å². The summed E-state index contributed by atoms with van der Waals surface area (Å²) in [5, 5.41) is 3.14. The van der Waals surface area contributed by atoms with Gasteiger partial charge in [-0.15, -0.1) is 0 Å². The number of ether oxygens (including phenoxy) is 1. The number of rotatable bonds is 6. The van der Waals surface area contributed by atoms with Crippen LogP contribution in [0.5, 0.6) is 0 Å². The van der Waals surface area contributed by atoms with Crippen molar-refractivity contribution in [1.29, 1.82) is 0 Å². The highest BCUT2D eigenvalue weighted by Crippen LogP contribution is 2.35. The van der Waals surface area contributed by atoms with Crippen LogP contribution in [0.1, 0.15) is 24.0 Å². The molecule has 3 aromatic rings. The molecule has 2 aromatic heterocycles. The van der Waals surface area contributed by atoms with Crippen molar-refractivity contribution in [3.8, 4) is 11.1 Å². The summed E-state index contributed by atoms with van der Waals surface area (Å²) in [4.78, 5) is 21.4. The molecule has 0 radical (unpaired) electrons. The Labute approximate surface area is 171 Å². The number of hydrogen-bond donors (Lipinski definition) is 1. The summed E-state index contributed by atoms with van der Waals surface area (Å²) in [6.07, 6.45) is 9.31. The third kappa shape index (κ3) is 4.69. The smallest absolute Gasteiger partial charge is 0.226 e. The Balaban J connectivity index is 1.48. The van der Waals surface area contributed by atoms with Crippen LogP contribution >= 0.6 is 0 Å². The third-order valence-electron chi connectivity index (χ3n) is 5.63. The number of carbonyl (C=O) groups is 1. The highest BCUT2D eigenvalue weighted by atomic mass is 16.5. The van der Waals surface area contributed by atoms with Gasteiger partial charge in [-0.1, -0.05) is 30.3 Å². The van der Waals surface area contributed by atoms with Crippen LogP contribution in [-0.2, 0) is 22.5 Å². The summed E-state index contributed by atoms with van der Waals surface area (Å²) in [6, 6.07) is 16.3. The molecule has 1 N–H and O–H groups in total. The van der Waals surface area contributed by atoms with E-state index >= 15 is 0 Å². The van der Waals surface area contributed by atoms with Crippen LogP contribution in [-0.4, -0.2) is 29.1 Å². The molecule has 1 saturated heterocycles. The van der Waals surface area contributed by atoms with Crippen LogP contribution < -0.4 is 5.32 Å². The minimum absolute atomic E-state index is 0.106. The predicted octanol–water partition coefficient (Wildman–Crippen LogP) is 3.80. The molecule has 0 unspecified atom stereocenters. The lowest BCUT2D eigenvalue weighted by Gasteiger charge is -2.36. The van der Waals surface area contributed by atoms with E-state index in [0.717, 1.165) is 29.5 Å². The molecule has 5 heteroatoms. The number of nitrogens with one attached hydrogen (secondary N) is 1. The molecular weight excluding hydrogens is 362 g/mol. The van der Waals surface area contributed by atoms with Gasteiger partial charge in [-0.25, -0.2) is 0 Å². The first-order valence-corrected chi connectivity index (χ1v) is 9.99. The van der Waals surface area contributed by atoms with E-state index < -0.39 is 5.41 Å². The molecule has 1 fully saturated rings. The van der Waals surface area contributed by atoms with E-state index in [0.29, 0.717) is 26.2 Å². The van der Waals surface area contributed by atoms with Gasteiger partial charge in [0.15, 0.2) is 0 Å². The fourth-order valence-electron chi connectivity index (χ4n) is 3.86. The molecule has 0 saturated carbocycles. The fourth-order valence-corrected chi connectivity index (χ4v) is 3.86. The number of hydrogen-bond acceptors (Lipinski definition) is 4. The molecule has 5 nitrogen and oxygen atoms in total. The van der Waals surface area contributed by atoms with E-state index in [-0.39, 0.29) is 5.91 Å². The maximum atomic E-state index is 13.2. The Morgan fingerprint density at radius 3 is 2.34 bits per heavy atom. The molecule has 0 spiro atoms. The van der Waals surface area contributed by atoms with Gasteiger partial charge in [0.25, 0.3) is 0 Å². The summed E-state index contributed by atoms with van der Waals surface area (Å²) < 4.78 is 5.56. The molecule has 3 heterocycles. The first-order chi connectivity index (χ1) is 14.3. The second-order valence-corrected chi connectivity index (χ2v) is 7.55. The van der Waals surface area contributed by atoms with Gasteiger partial charge in [0.05, 0.1) is 5.41 Å². The summed E-state index contributed by atoms with van der Waals surface area (Å²) in [5.41, 5.74) is 4.01. The van der Waals surface area contributed by atoms with Gasteiger partial charge < -0.3 is 10.1 Å². The van der Waals surface area contributed by atoms with E-state index in [1.807, 2.05) is 24.4 Å². The molecule has 0 aliphatic carbocycles. The molecule has 29 heavy (non-hydrogen) atoms. The van der Waals surface area contributed by atoms with Crippen molar-refractivity contribution in [2.45, 2.75) is 25.8 Å². The average Bonchev–Trinajstić information content (AvgIpc) is 2.80. The van der Waals surface area contributed by atoms with Crippen molar-refractivity contribution in [3.05, 3.63) is 84.4 Å². The lowest BCUT2D eigenvalue weighted by atomic mass is 9.74. The van der Waals surface area contributed by atoms with Gasteiger partial charge >= 0.3 is 0 Å². The minimum atomic E-state index is -0.429. The van der Waals surface area contributed by atoms with E-state index in [2.05, 4.69) is 45.6 Å². The fraction of sp³-hybridized carbons (Fsp3) is 0.292. The predicted molar refractivity (Wildman–Crippen MR) is 112 cm³/mol. The lowest BCUT2D eigenvalue weighted by molar-refractivity contribution is -0.136. The Morgan fingerprint density at radius 2 is 1.66 bits per heavy atom. The summed E-state index contributed by atoms with van der Waals surface area (Å²) >= 11 is 0. The van der Waals surface area contributed by atoms with Gasteiger partial charge in [-0.3, -0.25) is 14.8 Å². The van der Waals surface area contributed by atoms with E-state index in [1.165, 1.54) is 5.56 Å². The third-order valence-corrected chi connectivity index (χ3v) is 5.63. The Morgan fingerprint density at radius 1 is 0.897 bits per heavy atom. The van der Waals surface area contributed by atoms with Gasteiger partial charge in [0, 0.05) is 44.5 Å². The maximum absolute atomic E-state index is 13.2. The Bertz CT molecular complexity index is 921. The van der Waals surface area contributed by atoms with Crippen LogP contribution in [0.3, 0.4) is 0 Å². The van der Waals surface area contributed by atoms with E-state index in [4.69, 9.17) is 4.74 Å². The van der Waals surface area contributed by atoms with Crippen LogP contribution in [0.2, 0.25) is 0 Å². The van der Waals surface area contributed by atoms with Gasteiger partial charge in [-0.2, -0.15) is 0 Å². The standard InChI is InChI=1S/C24H25N3O2/c28-23(27-17-20-7-12-25-13-8-20)24(9-14-29-15-10-24)16-19-3-5-21(6-4-19)22-2-1-11-26-18-22/h1-8,11-13,18H,9-10,14-17H2,(H,27,28). The zero-order valence-corrected chi connectivity index (χ0v) is 16.4. The molecule has 148 valence electrons. The first-order valence-electron chi connectivity index (χ1n) is 9.99. The molecular formula is C24H25N3O2. The molecule has 1 aliphatic rings. The van der Waals surface area contributed by atoms with Gasteiger partial charge in [0.1, 0.15) is 0 Å². The largest absolute Gasteiger partial charge is 0.381 e. The van der Waals surface area contributed by atoms with Crippen molar-refractivity contribution >= 4 is 5.91 Å². The van der Waals surface area contributed by atoms with Gasteiger partial charge in [0.2, 0.25) is 5.91 Å². The minimum Gasteiger partial charge on any atom is -0.381 e. The molecule has 1 aliphatic heterocycles. The second kappa shape index (κ2) is 8.97. The number of pyridine rings is 2. The van der Waals surface area contributed by atoms with Crippen LogP contribution in [0.4, 0.5) is 0 Å². The average molecular weight is 387 g/mol. The Kier molecular flexibility index (Phi) is 5.96. The molecule has 0 bridgehead atoms. The van der Waals surface area contributed by atoms with Crippen molar-refractivity contribution in [2.75, 3.05) is 13.2 Å². The molecule has 0 atom stereocenters. The number of aromatic nitrogens is 2. The molecule has 4 rings (SSSR count). The molecule has 1 amide bonds. The van der Waals surface area contributed by atoms with Gasteiger partial charge in [-0.05, 0) is 59.7 Å². The summed E-state index contributed by atoms with van der Waals surface area (Å²) in [7, 11) is 0. The summed E-state index contributed by atoms with van der Waals surface area (Å²) in [5.74, 6) is 0.106. The second-order valence-electron chi connectivity index (χ2n) is 7.55. The zero-order valence-electron chi connectivity index (χ0n) is 16.4. The highest BCUT2D eigenvalue weighted by Gasteiger charge is 2.39. The maximum Gasteiger partial charge on any atom is 0.226 e. The SMILES string of the molecule is O=C(NCc1ccncc1)C1(Cc2ccc(-c3cccnc3)cc2)CCOCC1. The normalized spacial score (nSPS) is 15.6. The quantitative estimate of drug-likeness (QED) is 0.699. The number of carbonyl (C=O) groups excluding carboxylic acids is 1. The topological polar surface area (TPSA) is 64.1 Å². The van der Waals surface area contributed by atoms with E-state index in [1.54, 1.807) is 18.6 Å². The van der Waals surface area contributed by atoms with Crippen molar-refractivity contribution in [3.63, 3.8) is 0 Å².